The summed E-state index contributed by atoms with van der Waals surface area (Å²) >= 11 is 4.21. The maximum Gasteiger partial charge on any atom is 0.00857 e. The molecule has 0 aromatic rings. The highest BCUT2D eigenvalue weighted by atomic mass is 32.1. The van der Waals surface area contributed by atoms with Crippen LogP contribution in [0.3, 0.4) is 0 Å². The molecule has 0 aromatic carbocycles. The molecular weight excluding hydrogens is 212 g/mol. The third-order valence-corrected chi connectivity index (χ3v) is 2.76. The Bertz CT molecular complexity index is 253. The van der Waals surface area contributed by atoms with Crippen molar-refractivity contribution < 1.29 is 0 Å². The van der Waals surface area contributed by atoms with Crippen molar-refractivity contribution >= 4 is 12.6 Å². The molecule has 1 heteroatoms. The Hall–Kier alpha value is -0.430. The Morgan fingerprint density at radius 3 is 2.38 bits per heavy atom. The molecule has 0 saturated carbocycles. The lowest BCUT2D eigenvalue weighted by Crippen LogP contribution is -2.14. The summed E-state index contributed by atoms with van der Waals surface area (Å²) in [4.78, 5) is 0. The highest BCUT2D eigenvalue weighted by Crippen LogP contribution is 2.31. The van der Waals surface area contributed by atoms with Gasteiger partial charge in [-0.2, -0.15) is 12.6 Å². The molecule has 0 aliphatic heterocycles. The highest BCUT2D eigenvalue weighted by molar-refractivity contribution is 7.80. The Balaban J connectivity index is 4.79. The van der Waals surface area contributed by atoms with E-state index >= 15 is 0 Å². The molecule has 0 spiro atoms. The van der Waals surface area contributed by atoms with Crippen molar-refractivity contribution in [1.29, 1.82) is 0 Å². The zero-order valence-corrected chi connectivity index (χ0v) is 12.1. The van der Waals surface area contributed by atoms with Crippen LogP contribution in [-0.2, 0) is 0 Å². The second kappa shape index (κ2) is 7.78. The Morgan fingerprint density at radius 2 is 2.00 bits per heavy atom. The van der Waals surface area contributed by atoms with E-state index in [0.717, 1.165) is 5.75 Å². The first kappa shape index (κ1) is 15.6. The van der Waals surface area contributed by atoms with Crippen molar-refractivity contribution in [3.8, 4) is 0 Å². The molecule has 0 rings (SSSR count). The summed E-state index contributed by atoms with van der Waals surface area (Å²) in [5, 5.41) is 0. The minimum atomic E-state index is 0.371. The molecule has 0 nitrogen and oxygen atoms in total. The molecule has 0 heterocycles. The van der Waals surface area contributed by atoms with E-state index in [9.17, 15) is 0 Å². The fraction of sp³-hybridized carbons (Fsp3) is 0.600. The topological polar surface area (TPSA) is 0 Å². The van der Waals surface area contributed by atoms with E-state index in [2.05, 4.69) is 65.1 Å². The van der Waals surface area contributed by atoms with Gasteiger partial charge >= 0.3 is 0 Å². The van der Waals surface area contributed by atoms with Gasteiger partial charge in [0.25, 0.3) is 0 Å². The zero-order chi connectivity index (χ0) is 12.6. The van der Waals surface area contributed by atoms with Gasteiger partial charge in [-0.1, -0.05) is 58.6 Å². The predicted molar refractivity (Wildman–Crippen MR) is 79.1 cm³/mol. The van der Waals surface area contributed by atoms with Crippen molar-refractivity contribution in [2.45, 2.75) is 40.5 Å². The molecule has 0 bridgehead atoms. The number of thiol groups is 1. The van der Waals surface area contributed by atoms with E-state index in [0.29, 0.717) is 11.3 Å². The molecule has 0 amide bonds. The smallest absolute Gasteiger partial charge is 0.00857 e. The molecule has 0 N–H and O–H groups in total. The fourth-order valence-corrected chi connectivity index (χ4v) is 2.00. The molecule has 0 saturated heterocycles. The molecule has 16 heavy (non-hydrogen) atoms. The lowest BCUT2D eigenvalue weighted by molar-refractivity contribution is 0.315. The SMILES string of the molecule is C=C/C=C(\C=C/CS)C(CC)CC(C)(C)C. The summed E-state index contributed by atoms with van der Waals surface area (Å²) in [7, 11) is 0. The third-order valence-electron chi connectivity index (χ3n) is 2.55. The van der Waals surface area contributed by atoms with Gasteiger partial charge in [0.15, 0.2) is 0 Å². The maximum atomic E-state index is 4.21. The van der Waals surface area contributed by atoms with Crippen LogP contribution in [0.25, 0.3) is 0 Å². The van der Waals surface area contributed by atoms with Crippen molar-refractivity contribution in [2.24, 2.45) is 11.3 Å². The monoisotopic (exact) mass is 238 g/mol. The first-order chi connectivity index (χ1) is 7.44. The largest absolute Gasteiger partial charge is 0.175 e. The summed E-state index contributed by atoms with van der Waals surface area (Å²) in [6.45, 7) is 12.9. The van der Waals surface area contributed by atoms with Crippen LogP contribution in [-0.4, -0.2) is 5.75 Å². The van der Waals surface area contributed by atoms with E-state index in [1.807, 2.05) is 6.08 Å². The van der Waals surface area contributed by atoms with Crippen molar-refractivity contribution in [3.05, 3.63) is 36.5 Å². The number of allylic oxidation sites excluding steroid dienone is 4. The predicted octanol–water partition coefficient (Wildman–Crippen LogP) is 5.05. The molecule has 1 unspecified atom stereocenters. The number of rotatable bonds is 6. The normalized spacial score (nSPS) is 15.4. The summed E-state index contributed by atoms with van der Waals surface area (Å²) in [5.74, 6) is 1.41. The van der Waals surface area contributed by atoms with Crippen molar-refractivity contribution in [2.75, 3.05) is 5.75 Å². The fourth-order valence-electron chi connectivity index (χ4n) is 1.89. The van der Waals surface area contributed by atoms with Crippen LogP contribution in [0.5, 0.6) is 0 Å². The average molecular weight is 238 g/mol. The van der Waals surface area contributed by atoms with Crippen LogP contribution >= 0.6 is 12.6 Å². The Labute approximate surface area is 107 Å². The summed E-state index contributed by atoms with van der Waals surface area (Å²) in [6, 6.07) is 0. The van der Waals surface area contributed by atoms with Gasteiger partial charge in [-0.3, -0.25) is 0 Å². The van der Waals surface area contributed by atoms with Gasteiger partial charge in [-0.25, -0.2) is 0 Å². The molecule has 0 fully saturated rings. The second-order valence-electron chi connectivity index (χ2n) is 5.36. The van der Waals surface area contributed by atoms with Gasteiger partial charge in [-0.05, 0) is 29.7 Å². The minimum absolute atomic E-state index is 0.371. The van der Waals surface area contributed by atoms with Crippen molar-refractivity contribution in [1.82, 2.24) is 0 Å². The molecule has 0 aliphatic carbocycles. The first-order valence-corrected chi connectivity index (χ1v) is 6.68. The third kappa shape index (κ3) is 6.95. The van der Waals surface area contributed by atoms with Gasteiger partial charge < -0.3 is 0 Å². The van der Waals surface area contributed by atoms with E-state index in [4.69, 9.17) is 0 Å². The van der Waals surface area contributed by atoms with Crippen LogP contribution in [0.1, 0.15) is 40.5 Å². The molecule has 1 atom stereocenters. The molecule has 0 aliphatic rings. The van der Waals surface area contributed by atoms with Crippen LogP contribution < -0.4 is 0 Å². The van der Waals surface area contributed by atoms with Crippen LogP contribution in [0, 0.1) is 11.3 Å². The highest BCUT2D eigenvalue weighted by Gasteiger charge is 2.18. The lowest BCUT2D eigenvalue weighted by atomic mass is 9.79. The molecular formula is C15H26S. The standard InChI is InChI=1S/C15H26S/c1-6-9-14(10-8-11-16)13(7-2)12-15(3,4)5/h6,8-10,13,16H,1,7,11-12H2,2-5H3/b10-8-,14-9+. The zero-order valence-electron chi connectivity index (χ0n) is 11.2. The summed E-state index contributed by atoms with van der Waals surface area (Å²) in [6.07, 6.45) is 10.7. The van der Waals surface area contributed by atoms with Gasteiger partial charge in [0, 0.05) is 5.75 Å². The summed E-state index contributed by atoms with van der Waals surface area (Å²) < 4.78 is 0. The Kier molecular flexibility index (Phi) is 7.57. The van der Waals surface area contributed by atoms with Gasteiger partial charge in [0.2, 0.25) is 0 Å². The van der Waals surface area contributed by atoms with E-state index in [1.54, 1.807) is 0 Å². The van der Waals surface area contributed by atoms with E-state index in [1.165, 1.54) is 18.4 Å². The average Bonchev–Trinajstić information content (AvgIpc) is 2.19. The van der Waals surface area contributed by atoms with Gasteiger partial charge in [0.1, 0.15) is 0 Å². The van der Waals surface area contributed by atoms with Crippen molar-refractivity contribution in [3.63, 3.8) is 0 Å². The Morgan fingerprint density at radius 1 is 1.38 bits per heavy atom. The molecule has 0 aromatic heterocycles. The van der Waals surface area contributed by atoms with Crippen LogP contribution in [0.4, 0.5) is 0 Å². The second-order valence-corrected chi connectivity index (χ2v) is 5.72. The van der Waals surface area contributed by atoms with Crippen LogP contribution in [0.2, 0.25) is 0 Å². The van der Waals surface area contributed by atoms with E-state index in [-0.39, 0.29) is 0 Å². The number of hydrogen-bond acceptors (Lipinski definition) is 1. The number of hydrogen-bond donors (Lipinski definition) is 1. The summed E-state index contributed by atoms with van der Waals surface area (Å²) in [5.41, 5.74) is 1.75. The quantitative estimate of drug-likeness (QED) is 0.486. The van der Waals surface area contributed by atoms with Gasteiger partial charge in [0.05, 0.1) is 0 Å². The molecule has 0 radical (unpaired) electrons. The maximum absolute atomic E-state index is 4.21. The van der Waals surface area contributed by atoms with Gasteiger partial charge in [-0.15, -0.1) is 0 Å². The van der Waals surface area contributed by atoms with E-state index < -0.39 is 0 Å². The van der Waals surface area contributed by atoms with Crippen LogP contribution in [0.15, 0.2) is 36.5 Å². The minimum Gasteiger partial charge on any atom is -0.175 e. The lowest BCUT2D eigenvalue weighted by Gasteiger charge is -2.26. The first-order valence-electron chi connectivity index (χ1n) is 6.04. The molecule has 92 valence electrons.